The number of carbonyl (C=O) groups is 1. The molecule has 1 fully saturated rings. The lowest BCUT2D eigenvalue weighted by molar-refractivity contribution is 0.0583. The Balaban J connectivity index is 2.23. The van der Waals surface area contributed by atoms with Crippen LogP contribution in [-0.4, -0.2) is 23.4 Å². The summed E-state index contributed by atoms with van der Waals surface area (Å²) in [6.07, 6.45) is 1.82. The molecule has 18 heavy (non-hydrogen) atoms. The van der Waals surface area contributed by atoms with Crippen molar-refractivity contribution in [3.05, 3.63) is 35.4 Å². The van der Waals surface area contributed by atoms with E-state index in [-0.39, 0.29) is 11.6 Å². The molecule has 1 aromatic rings. The van der Waals surface area contributed by atoms with Crippen LogP contribution in [-0.2, 0) is 0 Å². The Hall–Kier alpha value is -1.45. The monoisotopic (exact) mass is 253 g/mol. The second kappa shape index (κ2) is 5.04. The molecule has 0 spiro atoms. The first-order valence-electron chi connectivity index (χ1n) is 6.25. The van der Waals surface area contributed by atoms with Crippen molar-refractivity contribution in [2.24, 2.45) is 5.92 Å². The van der Waals surface area contributed by atoms with Gasteiger partial charge in [0.1, 0.15) is 0 Å². The van der Waals surface area contributed by atoms with E-state index in [0.29, 0.717) is 12.5 Å². The maximum absolute atomic E-state index is 13.6. The van der Waals surface area contributed by atoms with E-state index >= 15 is 0 Å². The molecule has 1 amide bonds. The quantitative estimate of drug-likeness (QED) is 0.752. The zero-order valence-corrected chi connectivity index (χ0v) is 10.6. The van der Waals surface area contributed by atoms with Gasteiger partial charge in [-0.1, -0.05) is 13.0 Å². The summed E-state index contributed by atoms with van der Waals surface area (Å²) in [4.78, 5) is 13.8. The standard InChI is InChI=1S/C14H17F2NO/c1-9-6-7-17(10(2)8-9)14(18)11-4-3-5-12(15)13(11)16/h3-5,9-10H,6-8H2,1-2H3. The number of amides is 1. The summed E-state index contributed by atoms with van der Waals surface area (Å²) < 4.78 is 26.7. The predicted octanol–water partition coefficient (Wildman–Crippen LogP) is 3.23. The first kappa shape index (κ1) is 13.0. The fraction of sp³-hybridized carbons (Fsp3) is 0.500. The molecule has 1 aliphatic heterocycles. The van der Waals surface area contributed by atoms with Crippen LogP contribution in [0.2, 0.25) is 0 Å². The number of likely N-dealkylation sites (tertiary alicyclic amines) is 1. The summed E-state index contributed by atoms with van der Waals surface area (Å²) in [6, 6.07) is 3.80. The van der Waals surface area contributed by atoms with Gasteiger partial charge in [0.05, 0.1) is 5.56 Å². The summed E-state index contributed by atoms with van der Waals surface area (Å²) >= 11 is 0. The minimum Gasteiger partial charge on any atom is -0.336 e. The lowest BCUT2D eigenvalue weighted by Gasteiger charge is -2.36. The fourth-order valence-electron chi connectivity index (χ4n) is 2.53. The maximum atomic E-state index is 13.6. The van der Waals surface area contributed by atoms with Crippen molar-refractivity contribution < 1.29 is 13.6 Å². The highest BCUT2D eigenvalue weighted by Crippen LogP contribution is 2.24. The van der Waals surface area contributed by atoms with E-state index in [0.717, 1.165) is 18.9 Å². The van der Waals surface area contributed by atoms with Crippen LogP contribution in [0.1, 0.15) is 37.0 Å². The molecule has 0 aromatic heterocycles. The number of benzene rings is 1. The summed E-state index contributed by atoms with van der Waals surface area (Å²) in [7, 11) is 0. The van der Waals surface area contributed by atoms with Gasteiger partial charge in [-0.3, -0.25) is 4.79 Å². The third kappa shape index (κ3) is 2.37. The normalized spacial score (nSPS) is 24.1. The number of nitrogens with zero attached hydrogens (tertiary/aromatic N) is 1. The average Bonchev–Trinajstić information content (AvgIpc) is 2.32. The Morgan fingerprint density at radius 2 is 2.06 bits per heavy atom. The Morgan fingerprint density at radius 1 is 1.33 bits per heavy atom. The van der Waals surface area contributed by atoms with Crippen LogP contribution < -0.4 is 0 Å². The Morgan fingerprint density at radius 3 is 2.72 bits per heavy atom. The van der Waals surface area contributed by atoms with Gasteiger partial charge in [0, 0.05) is 12.6 Å². The number of halogens is 2. The zero-order valence-electron chi connectivity index (χ0n) is 10.6. The highest BCUT2D eigenvalue weighted by atomic mass is 19.2. The largest absolute Gasteiger partial charge is 0.336 e. The van der Waals surface area contributed by atoms with Gasteiger partial charge in [-0.05, 0) is 37.8 Å². The third-order valence-electron chi connectivity index (χ3n) is 3.58. The summed E-state index contributed by atoms with van der Waals surface area (Å²) in [6.45, 7) is 4.70. The first-order valence-corrected chi connectivity index (χ1v) is 6.25. The highest BCUT2D eigenvalue weighted by Gasteiger charge is 2.29. The summed E-state index contributed by atoms with van der Waals surface area (Å²) in [5.41, 5.74) is -0.170. The summed E-state index contributed by atoms with van der Waals surface area (Å²) in [5.74, 6) is -1.86. The van der Waals surface area contributed by atoms with Crippen LogP contribution in [0.15, 0.2) is 18.2 Å². The second-order valence-electron chi connectivity index (χ2n) is 5.08. The van der Waals surface area contributed by atoms with Crippen molar-refractivity contribution in [3.63, 3.8) is 0 Å². The lowest BCUT2D eigenvalue weighted by atomic mass is 9.93. The third-order valence-corrected chi connectivity index (χ3v) is 3.58. The molecule has 1 heterocycles. The molecule has 2 rings (SSSR count). The fourth-order valence-corrected chi connectivity index (χ4v) is 2.53. The molecule has 0 radical (unpaired) electrons. The van der Waals surface area contributed by atoms with Crippen LogP contribution in [0, 0.1) is 17.6 Å². The number of piperidine rings is 1. The Bertz CT molecular complexity index is 461. The molecule has 4 heteroatoms. The zero-order chi connectivity index (χ0) is 13.3. The molecule has 1 aliphatic rings. The van der Waals surface area contributed by atoms with Crippen LogP contribution in [0.3, 0.4) is 0 Å². The van der Waals surface area contributed by atoms with Crippen molar-refractivity contribution >= 4 is 5.91 Å². The van der Waals surface area contributed by atoms with Gasteiger partial charge in [-0.15, -0.1) is 0 Å². The van der Waals surface area contributed by atoms with Crippen LogP contribution >= 0.6 is 0 Å². The maximum Gasteiger partial charge on any atom is 0.257 e. The molecule has 2 unspecified atom stereocenters. The van der Waals surface area contributed by atoms with Crippen molar-refractivity contribution in [2.45, 2.75) is 32.7 Å². The minimum absolute atomic E-state index is 0.0731. The summed E-state index contributed by atoms with van der Waals surface area (Å²) in [5, 5.41) is 0. The van der Waals surface area contributed by atoms with E-state index < -0.39 is 17.5 Å². The van der Waals surface area contributed by atoms with Gasteiger partial charge in [0.25, 0.3) is 5.91 Å². The molecular weight excluding hydrogens is 236 g/mol. The number of rotatable bonds is 1. The molecule has 2 atom stereocenters. The number of carbonyl (C=O) groups excluding carboxylic acids is 1. The first-order chi connectivity index (χ1) is 8.50. The topological polar surface area (TPSA) is 20.3 Å². The molecular formula is C14H17F2NO. The molecule has 0 aliphatic carbocycles. The van der Waals surface area contributed by atoms with Crippen molar-refractivity contribution in [2.75, 3.05) is 6.54 Å². The van der Waals surface area contributed by atoms with Crippen molar-refractivity contribution in [3.8, 4) is 0 Å². The van der Waals surface area contributed by atoms with E-state index in [1.165, 1.54) is 12.1 Å². The molecule has 1 saturated heterocycles. The van der Waals surface area contributed by atoms with Crippen LogP contribution in [0.4, 0.5) is 8.78 Å². The second-order valence-corrected chi connectivity index (χ2v) is 5.08. The van der Waals surface area contributed by atoms with Gasteiger partial charge in [0.15, 0.2) is 11.6 Å². The van der Waals surface area contributed by atoms with E-state index in [9.17, 15) is 13.6 Å². The molecule has 0 N–H and O–H groups in total. The smallest absolute Gasteiger partial charge is 0.257 e. The lowest BCUT2D eigenvalue weighted by Crippen LogP contribution is -2.44. The van der Waals surface area contributed by atoms with Crippen LogP contribution in [0.5, 0.6) is 0 Å². The highest BCUT2D eigenvalue weighted by molar-refractivity contribution is 5.94. The van der Waals surface area contributed by atoms with E-state index in [1.807, 2.05) is 6.92 Å². The molecule has 2 nitrogen and oxygen atoms in total. The molecule has 0 saturated carbocycles. The van der Waals surface area contributed by atoms with Crippen molar-refractivity contribution in [1.29, 1.82) is 0 Å². The van der Waals surface area contributed by atoms with Gasteiger partial charge in [-0.25, -0.2) is 8.78 Å². The van der Waals surface area contributed by atoms with E-state index in [2.05, 4.69) is 6.92 Å². The van der Waals surface area contributed by atoms with E-state index in [1.54, 1.807) is 4.90 Å². The number of hydrogen-bond donors (Lipinski definition) is 0. The van der Waals surface area contributed by atoms with Crippen molar-refractivity contribution in [1.82, 2.24) is 4.90 Å². The number of hydrogen-bond acceptors (Lipinski definition) is 1. The minimum atomic E-state index is -1.05. The van der Waals surface area contributed by atoms with Gasteiger partial charge < -0.3 is 4.90 Å². The van der Waals surface area contributed by atoms with Gasteiger partial charge in [-0.2, -0.15) is 0 Å². The van der Waals surface area contributed by atoms with Gasteiger partial charge >= 0.3 is 0 Å². The SMILES string of the molecule is CC1CCN(C(=O)c2cccc(F)c2F)C(C)C1. The average molecular weight is 253 g/mol. The predicted molar refractivity (Wildman–Crippen MR) is 65.3 cm³/mol. The molecule has 0 bridgehead atoms. The molecule has 1 aromatic carbocycles. The molecule has 98 valence electrons. The Labute approximate surface area is 106 Å². The van der Waals surface area contributed by atoms with Gasteiger partial charge in [0.2, 0.25) is 0 Å². The Kier molecular flexibility index (Phi) is 3.64. The van der Waals surface area contributed by atoms with E-state index in [4.69, 9.17) is 0 Å². The van der Waals surface area contributed by atoms with Crippen LogP contribution in [0.25, 0.3) is 0 Å².